The molecule has 0 aliphatic heterocycles. The maximum atomic E-state index is 12.8. The molecular formula is C29H29NO3. The van der Waals surface area contributed by atoms with Crippen LogP contribution in [-0.2, 0) is 22.4 Å². The first-order valence-corrected chi connectivity index (χ1v) is 11.5. The number of rotatable bonds is 9. The van der Waals surface area contributed by atoms with E-state index in [1.54, 1.807) is 0 Å². The van der Waals surface area contributed by atoms with Crippen LogP contribution < -0.4 is 5.32 Å². The van der Waals surface area contributed by atoms with Gasteiger partial charge in [-0.1, -0.05) is 84.5 Å². The van der Waals surface area contributed by atoms with Crippen molar-refractivity contribution in [2.75, 3.05) is 6.54 Å². The Morgan fingerprint density at radius 3 is 2.55 bits per heavy atom. The van der Waals surface area contributed by atoms with Gasteiger partial charge in [-0.05, 0) is 58.7 Å². The predicted molar refractivity (Wildman–Crippen MR) is 133 cm³/mol. The van der Waals surface area contributed by atoms with Crippen LogP contribution in [0, 0.1) is 0 Å². The standard InChI is InChI=1S/C29H29NO3/c31-28(30-17-16-21-8-3-1-4-9-21)20-24-18-22(14-15-29(32)33)19-27-25(12-7-13-26(24)27)23-10-5-2-6-11-23/h1-3,5-8,10-13,18-19H,4,9,14-17,20H2,(H,30,31)(H,32,33). The van der Waals surface area contributed by atoms with Gasteiger partial charge in [0.05, 0.1) is 6.42 Å². The first-order valence-electron chi connectivity index (χ1n) is 11.5. The number of hydrogen-bond acceptors (Lipinski definition) is 2. The maximum Gasteiger partial charge on any atom is 0.303 e. The van der Waals surface area contributed by atoms with Gasteiger partial charge in [0.15, 0.2) is 0 Å². The summed E-state index contributed by atoms with van der Waals surface area (Å²) in [7, 11) is 0. The third-order valence-electron chi connectivity index (χ3n) is 6.07. The molecule has 2 N–H and O–H groups in total. The molecule has 1 aliphatic rings. The average Bonchev–Trinajstić information content (AvgIpc) is 2.83. The van der Waals surface area contributed by atoms with Gasteiger partial charge in [0.1, 0.15) is 0 Å². The molecule has 0 fully saturated rings. The number of carbonyl (C=O) groups is 2. The van der Waals surface area contributed by atoms with Crippen molar-refractivity contribution in [2.45, 2.75) is 38.5 Å². The van der Waals surface area contributed by atoms with Crippen LogP contribution in [0.4, 0.5) is 0 Å². The highest BCUT2D eigenvalue weighted by atomic mass is 16.4. The maximum absolute atomic E-state index is 12.8. The summed E-state index contributed by atoms with van der Waals surface area (Å²) in [5, 5.41) is 14.3. The van der Waals surface area contributed by atoms with Crippen molar-refractivity contribution in [1.82, 2.24) is 5.32 Å². The van der Waals surface area contributed by atoms with Crippen LogP contribution in [0.3, 0.4) is 0 Å². The van der Waals surface area contributed by atoms with E-state index in [1.807, 2.05) is 36.4 Å². The number of aryl methyl sites for hydroxylation is 1. The molecule has 33 heavy (non-hydrogen) atoms. The first-order chi connectivity index (χ1) is 16.1. The van der Waals surface area contributed by atoms with E-state index in [2.05, 4.69) is 47.8 Å². The largest absolute Gasteiger partial charge is 0.481 e. The molecule has 0 heterocycles. The molecule has 3 aromatic rings. The Bertz CT molecular complexity index is 1210. The lowest BCUT2D eigenvalue weighted by molar-refractivity contribution is -0.137. The van der Waals surface area contributed by atoms with E-state index < -0.39 is 5.97 Å². The van der Waals surface area contributed by atoms with Crippen LogP contribution in [0.15, 0.2) is 84.5 Å². The summed E-state index contributed by atoms with van der Waals surface area (Å²) in [4.78, 5) is 24.0. The number of hydrogen-bond donors (Lipinski definition) is 2. The smallest absolute Gasteiger partial charge is 0.303 e. The zero-order valence-electron chi connectivity index (χ0n) is 18.7. The monoisotopic (exact) mass is 439 g/mol. The zero-order valence-corrected chi connectivity index (χ0v) is 18.7. The van der Waals surface area contributed by atoms with E-state index in [1.165, 1.54) is 5.57 Å². The number of nitrogens with one attached hydrogen (secondary N) is 1. The number of fused-ring (bicyclic) bond motifs is 1. The fourth-order valence-corrected chi connectivity index (χ4v) is 4.40. The van der Waals surface area contributed by atoms with E-state index in [-0.39, 0.29) is 18.7 Å². The third kappa shape index (κ3) is 5.98. The van der Waals surface area contributed by atoms with E-state index in [4.69, 9.17) is 5.11 Å². The van der Waals surface area contributed by atoms with Gasteiger partial charge in [-0.2, -0.15) is 0 Å². The van der Waals surface area contributed by atoms with Crippen LogP contribution in [0.25, 0.3) is 21.9 Å². The molecule has 4 rings (SSSR count). The number of carbonyl (C=O) groups excluding carboxylic acids is 1. The Morgan fingerprint density at radius 1 is 0.939 bits per heavy atom. The van der Waals surface area contributed by atoms with Crippen LogP contribution in [0.5, 0.6) is 0 Å². The van der Waals surface area contributed by atoms with Gasteiger partial charge >= 0.3 is 5.97 Å². The van der Waals surface area contributed by atoms with E-state index in [0.717, 1.165) is 52.3 Å². The van der Waals surface area contributed by atoms with Gasteiger partial charge in [0.25, 0.3) is 0 Å². The van der Waals surface area contributed by atoms with Gasteiger partial charge in [-0.25, -0.2) is 0 Å². The van der Waals surface area contributed by atoms with Crippen molar-refractivity contribution < 1.29 is 14.7 Å². The number of carboxylic acids is 1. The summed E-state index contributed by atoms with van der Waals surface area (Å²) in [6.45, 7) is 0.629. The SMILES string of the molecule is O=C(O)CCc1cc(CC(=O)NCCC2=CC=CCC2)c2cccc(-c3ccccc3)c2c1. The minimum atomic E-state index is -0.822. The van der Waals surface area contributed by atoms with Crippen LogP contribution >= 0.6 is 0 Å². The van der Waals surface area contributed by atoms with Crippen molar-refractivity contribution in [2.24, 2.45) is 0 Å². The molecule has 0 saturated heterocycles. The molecule has 4 heteroatoms. The Balaban J connectivity index is 1.60. The summed E-state index contributed by atoms with van der Waals surface area (Å²) in [6, 6.07) is 20.4. The molecule has 0 unspecified atom stereocenters. The highest BCUT2D eigenvalue weighted by Crippen LogP contribution is 2.32. The Kier molecular flexibility index (Phi) is 7.36. The second-order valence-corrected chi connectivity index (χ2v) is 8.48. The molecule has 0 bridgehead atoms. The molecule has 0 aromatic heterocycles. The first kappa shape index (κ1) is 22.5. The molecule has 0 atom stereocenters. The molecule has 1 amide bonds. The van der Waals surface area contributed by atoms with E-state index in [9.17, 15) is 9.59 Å². The van der Waals surface area contributed by atoms with Crippen LogP contribution in [0.2, 0.25) is 0 Å². The molecule has 4 nitrogen and oxygen atoms in total. The molecular weight excluding hydrogens is 410 g/mol. The zero-order chi connectivity index (χ0) is 23.0. The number of aliphatic carboxylic acids is 1. The quantitative estimate of drug-likeness (QED) is 0.440. The van der Waals surface area contributed by atoms with Crippen molar-refractivity contribution >= 4 is 22.6 Å². The summed E-state index contributed by atoms with van der Waals surface area (Å²) in [5.41, 5.74) is 5.43. The summed E-state index contributed by atoms with van der Waals surface area (Å²) in [6.07, 6.45) is 10.2. The second kappa shape index (κ2) is 10.8. The normalized spacial score (nSPS) is 13.0. The molecule has 3 aromatic carbocycles. The molecule has 168 valence electrons. The van der Waals surface area contributed by atoms with Crippen molar-refractivity contribution in [3.63, 3.8) is 0 Å². The van der Waals surface area contributed by atoms with Gasteiger partial charge in [-0.15, -0.1) is 0 Å². The van der Waals surface area contributed by atoms with Crippen molar-refractivity contribution in [3.8, 4) is 11.1 Å². The van der Waals surface area contributed by atoms with Crippen LogP contribution in [0.1, 0.15) is 36.8 Å². The summed E-state index contributed by atoms with van der Waals surface area (Å²) in [5.74, 6) is -0.832. The van der Waals surface area contributed by atoms with Crippen LogP contribution in [-0.4, -0.2) is 23.5 Å². The Hall–Kier alpha value is -3.66. The lowest BCUT2D eigenvalue weighted by Gasteiger charge is -2.14. The fourth-order valence-electron chi connectivity index (χ4n) is 4.40. The van der Waals surface area contributed by atoms with Gasteiger partial charge in [-0.3, -0.25) is 9.59 Å². The highest BCUT2D eigenvalue weighted by molar-refractivity contribution is 6.00. The minimum Gasteiger partial charge on any atom is -0.481 e. The predicted octanol–water partition coefficient (Wildman–Crippen LogP) is 5.85. The summed E-state index contributed by atoms with van der Waals surface area (Å²) < 4.78 is 0. The van der Waals surface area contributed by atoms with Gasteiger partial charge in [0.2, 0.25) is 5.91 Å². The summed E-state index contributed by atoms with van der Waals surface area (Å²) >= 11 is 0. The fraction of sp³-hybridized carbons (Fsp3) is 0.241. The number of carboxylic acid groups (broad SMARTS) is 1. The van der Waals surface area contributed by atoms with E-state index >= 15 is 0 Å². The van der Waals surface area contributed by atoms with Gasteiger partial charge in [0, 0.05) is 13.0 Å². The van der Waals surface area contributed by atoms with Crippen molar-refractivity contribution in [3.05, 3.63) is 95.6 Å². The minimum absolute atomic E-state index is 0.0104. The molecule has 1 aliphatic carbocycles. The Labute approximate surface area is 194 Å². The molecule has 0 radical (unpaired) electrons. The number of amides is 1. The second-order valence-electron chi connectivity index (χ2n) is 8.48. The number of benzene rings is 3. The molecule has 0 saturated carbocycles. The molecule has 0 spiro atoms. The lowest BCUT2D eigenvalue weighted by atomic mass is 9.91. The Morgan fingerprint density at radius 2 is 1.79 bits per heavy atom. The lowest BCUT2D eigenvalue weighted by Crippen LogP contribution is -2.26. The topological polar surface area (TPSA) is 66.4 Å². The van der Waals surface area contributed by atoms with E-state index in [0.29, 0.717) is 13.0 Å². The average molecular weight is 440 g/mol. The third-order valence-corrected chi connectivity index (χ3v) is 6.07. The highest BCUT2D eigenvalue weighted by Gasteiger charge is 2.13. The van der Waals surface area contributed by atoms with Crippen molar-refractivity contribution in [1.29, 1.82) is 0 Å². The number of allylic oxidation sites excluding steroid dienone is 3. The van der Waals surface area contributed by atoms with Gasteiger partial charge < -0.3 is 10.4 Å².